The fourth-order valence-electron chi connectivity index (χ4n) is 9.60. The number of likely N-dealkylation sites (tertiary alicyclic amines) is 1. The number of nitrogens with zero attached hydrogens (tertiary/aromatic N) is 1. The summed E-state index contributed by atoms with van der Waals surface area (Å²) in [5, 5.41) is 0. The van der Waals surface area contributed by atoms with E-state index in [1.54, 1.807) is 17.8 Å². The van der Waals surface area contributed by atoms with Crippen molar-refractivity contribution in [3.8, 4) is 0 Å². The quantitative estimate of drug-likeness (QED) is 0.167. The van der Waals surface area contributed by atoms with Gasteiger partial charge < -0.3 is 0 Å². The Bertz CT molecular complexity index is 1070. The second-order valence-corrected chi connectivity index (χ2v) is 26.7. The Labute approximate surface area is 246 Å². The first-order valence-electron chi connectivity index (χ1n) is 15.9. The number of carbonyl (C=O) groups is 1. The number of fused-ring (bicyclic) bond motifs is 2. The van der Waals surface area contributed by atoms with Crippen LogP contribution in [0.4, 0.5) is 0 Å². The van der Waals surface area contributed by atoms with E-state index < -0.39 is 29.7 Å². The second-order valence-electron chi connectivity index (χ2n) is 13.6. The number of hydrogen-bond donors (Lipinski definition) is 0. The van der Waals surface area contributed by atoms with Crippen LogP contribution in [0.1, 0.15) is 86.0 Å². The third-order valence-corrected chi connectivity index (χ3v) is 27.3. The predicted octanol–water partition coefficient (Wildman–Crippen LogP) is 6.93. The predicted molar refractivity (Wildman–Crippen MR) is 161 cm³/mol. The number of unbranched alkanes of at least 4 members (excludes halogenated alkanes) is 3. The maximum absolute atomic E-state index is 14.0. The molecule has 1 spiro atoms. The van der Waals surface area contributed by atoms with E-state index in [9.17, 15) is 4.79 Å². The van der Waals surface area contributed by atoms with Crippen LogP contribution in [0.5, 0.6) is 0 Å². The molecule has 40 heavy (non-hydrogen) atoms. The summed E-state index contributed by atoms with van der Waals surface area (Å²) in [5.74, 6) is 0.511. The standard InChI is InChI=1S/C21H26NO5.3C4H9.Sn/c1-18(2)26-14-6-7-19(16(14)27-18)8-9-21-17(25-5)15(24-4)13(23)12-20(19,21)10-11-22(21)3;3*1-3-4-2;/h6-7,9,14,16H,10-12H2,1-5H3;3*1,3-4H2,2H3;/t14-,16-,19?,20?,21-;;;;/m1..../s1. The number of likely N-dealkylation sites (N-methyl/N-ethyl adjacent to an activating group) is 1. The number of methoxy groups -OCH3 is 2. The van der Waals surface area contributed by atoms with E-state index in [0.29, 0.717) is 17.9 Å². The summed E-state index contributed by atoms with van der Waals surface area (Å²) >= 11 is -3.10. The molecule has 224 valence electrons. The first kappa shape index (κ1) is 30.6. The van der Waals surface area contributed by atoms with Crippen molar-refractivity contribution in [3.63, 3.8) is 0 Å². The Kier molecular flexibility index (Phi) is 8.44. The summed E-state index contributed by atoms with van der Waals surface area (Å²) in [7, 11) is 5.57. The molecule has 0 amide bonds. The van der Waals surface area contributed by atoms with Crippen LogP contribution in [0.3, 0.4) is 0 Å². The first-order valence-corrected chi connectivity index (χ1v) is 23.4. The van der Waals surface area contributed by atoms with Gasteiger partial charge in [-0.1, -0.05) is 0 Å². The summed E-state index contributed by atoms with van der Waals surface area (Å²) in [6.45, 7) is 12.0. The van der Waals surface area contributed by atoms with Gasteiger partial charge in [-0.3, -0.25) is 0 Å². The van der Waals surface area contributed by atoms with Crippen molar-refractivity contribution in [1.29, 1.82) is 0 Å². The van der Waals surface area contributed by atoms with Crippen molar-refractivity contribution in [2.75, 3.05) is 27.8 Å². The minimum absolute atomic E-state index is 0.0609. The number of ether oxygens (including phenoxy) is 4. The monoisotopic (exact) mass is 663 g/mol. The molecule has 3 aliphatic carbocycles. The van der Waals surface area contributed by atoms with Gasteiger partial charge in [-0.05, 0) is 0 Å². The molecule has 2 aliphatic heterocycles. The molecule has 2 fully saturated rings. The first-order chi connectivity index (χ1) is 19.1. The second kappa shape index (κ2) is 11.0. The Morgan fingerprint density at radius 2 is 1.62 bits per heavy atom. The Hall–Kier alpha value is -0.831. The summed E-state index contributed by atoms with van der Waals surface area (Å²) in [5.41, 5.74) is -1.29. The van der Waals surface area contributed by atoms with Gasteiger partial charge in [-0.2, -0.15) is 0 Å². The molecule has 0 aromatic carbocycles. The summed E-state index contributed by atoms with van der Waals surface area (Å²) in [6, 6.07) is 0. The molecular weight excluding hydrogens is 609 g/mol. The molecule has 5 rings (SSSR count). The molecule has 2 heterocycles. The number of carbonyl (C=O) groups excluding carboxylic acids is 1. The number of Topliss-reactive ketones (excluding diaryl/α,β-unsaturated/α-hetero) is 1. The van der Waals surface area contributed by atoms with E-state index in [1.807, 2.05) is 13.8 Å². The van der Waals surface area contributed by atoms with Gasteiger partial charge in [0.25, 0.3) is 0 Å². The zero-order valence-electron chi connectivity index (χ0n) is 26.4. The van der Waals surface area contributed by atoms with Gasteiger partial charge in [0.05, 0.1) is 0 Å². The van der Waals surface area contributed by atoms with Crippen LogP contribution in [0, 0.1) is 10.8 Å². The van der Waals surface area contributed by atoms with Crippen LogP contribution in [0.25, 0.3) is 0 Å². The van der Waals surface area contributed by atoms with Crippen LogP contribution in [-0.2, 0) is 23.7 Å². The molecule has 0 N–H and O–H groups in total. The number of rotatable bonds is 12. The van der Waals surface area contributed by atoms with Gasteiger partial charge in [0, 0.05) is 0 Å². The zero-order valence-corrected chi connectivity index (χ0v) is 29.2. The fraction of sp³-hybridized carbons (Fsp3) is 0.788. The van der Waals surface area contributed by atoms with E-state index in [1.165, 1.54) is 51.8 Å². The van der Waals surface area contributed by atoms with E-state index in [-0.39, 0.29) is 28.8 Å². The molecule has 0 radical (unpaired) electrons. The Morgan fingerprint density at radius 1 is 1.00 bits per heavy atom. The van der Waals surface area contributed by atoms with Gasteiger partial charge >= 0.3 is 248 Å². The van der Waals surface area contributed by atoms with E-state index in [4.69, 9.17) is 18.9 Å². The van der Waals surface area contributed by atoms with Gasteiger partial charge in [-0.25, -0.2) is 0 Å². The topological polar surface area (TPSA) is 57.2 Å². The molecule has 0 saturated carbocycles. The van der Waals surface area contributed by atoms with Crippen molar-refractivity contribution in [2.45, 2.75) is 123 Å². The zero-order chi connectivity index (χ0) is 29.0. The van der Waals surface area contributed by atoms with Crippen molar-refractivity contribution >= 4 is 24.2 Å². The fourth-order valence-corrected chi connectivity index (χ4v) is 28.2. The molecular formula is C33H53NO5Sn. The van der Waals surface area contributed by atoms with Crippen molar-refractivity contribution in [2.24, 2.45) is 10.8 Å². The van der Waals surface area contributed by atoms with Gasteiger partial charge in [0.2, 0.25) is 0 Å². The van der Waals surface area contributed by atoms with Crippen molar-refractivity contribution < 1.29 is 23.7 Å². The number of ketones is 1. The minimum atomic E-state index is -3.10. The summed E-state index contributed by atoms with van der Waals surface area (Å²) in [4.78, 5) is 16.5. The number of allylic oxidation sites excluding steroid dienone is 1. The van der Waals surface area contributed by atoms with Crippen LogP contribution in [0.15, 0.2) is 33.3 Å². The molecule has 0 aromatic rings. The number of hydrogen-bond acceptors (Lipinski definition) is 6. The average molecular weight is 663 g/mol. The van der Waals surface area contributed by atoms with E-state index >= 15 is 0 Å². The summed E-state index contributed by atoms with van der Waals surface area (Å²) in [6.07, 6.45) is 16.1. The maximum atomic E-state index is 14.0. The summed E-state index contributed by atoms with van der Waals surface area (Å²) < 4.78 is 31.4. The molecule has 2 saturated heterocycles. The van der Waals surface area contributed by atoms with Crippen LogP contribution in [-0.4, -0.2) is 80.4 Å². The van der Waals surface area contributed by atoms with Crippen molar-refractivity contribution in [1.82, 2.24) is 4.90 Å². The normalized spacial score (nSPS) is 36.3. The third-order valence-electron chi connectivity index (χ3n) is 11.2. The van der Waals surface area contributed by atoms with E-state index in [2.05, 4.69) is 50.9 Å². The van der Waals surface area contributed by atoms with Gasteiger partial charge in [-0.15, -0.1) is 0 Å². The Balaban J connectivity index is 1.85. The third kappa shape index (κ3) is 4.01. The van der Waals surface area contributed by atoms with Gasteiger partial charge in [0.15, 0.2) is 0 Å². The molecule has 0 aromatic heterocycles. The molecule has 6 nitrogen and oxygen atoms in total. The SMILES string of the molecule is CCC[CH2][Sn]([CH2]CCC)([CH2]CCC)[C]1=C[C@@]23C(OC)=C(OC)C(=O)CC2(CCN3C)C12C=C[C@H]1OC(C)(C)O[C@H]12. The van der Waals surface area contributed by atoms with Crippen LogP contribution >= 0.6 is 0 Å². The molecule has 2 unspecified atom stereocenters. The molecule has 5 atom stereocenters. The van der Waals surface area contributed by atoms with Gasteiger partial charge in [0.1, 0.15) is 0 Å². The Morgan fingerprint density at radius 3 is 2.17 bits per heavy atom. The van der Waals surface area contributed by atoms with Crippen molar-refractivity contribution in [3.05, 3.63) is 33.3 Å². The van der Waals surface area contributed by atoms with Crippen LogP contribution < -0.4 is 0 Å². The average Bonchev–Trinajstić information content (AvgIpc) is 3.60. The molecule has 7 heteroatoms. The van der Waals surface area contributed by atoms with Crippen LogP contribution in [0.2, 0.25) is 13.3 Å². The molecule has 5 aliphatic rings. The molecule has 0 bridgehead atoms. The van der Waals surface area contributed by atoms with E-state index in [0.717, 1.165) is 13.0 Å².